The molecule has 0 saturated carbocycles. The molecular formula is C21H19F2N3O4. The number of rotatable bonds is 6. The van der Waals surface area contributed by atoms with Gasteiger partial charge in [-0.25, -0.2) is 18.6 Å². The Morgan fingerprint density at radius 2 is 1.87 bits per heavy atom. The zero-order chi connectivity index (χ0) is 22.0. The summed E-state index contributed by atoms with van der Waals surface area (Å²) in [7, 11) is 2.76. The molecule has 0 fully saturated rings. The summed E-state index contributed by atoms with van der Waals surface area (Å²) >= 11 is 0. The van der Waals surface area contributed by atoms with Gasteiger partial charge in [-0.1, -0.05) is 6.92 Å². The lowest BCUT2D eigenvalue weighted by Crippen LogP contribution is -2.18. The van der Waals surface area contributed by atoms with E-state index in [1.165, 1.54) is 37.1 Å². The number of carbonyl (C=O) groups is 2. The van der Waals surface area contributed by atoms with E-state index in [1.54, 1.807) is 13.0 Å². The largest absolute Gasteiger partial charge is 0.497 e. The van der Waals surface area contributed by atoms with E-state index in [0.717, 1.165) is 12.1 Å². The Balaban J connectivity index is 1.91. The second kappa shape index (κ2) is 8.32. The second-order valence-corrected chi connectivity index (χ2v) is 6.48. The van der Waals surface area contributed by atoms with Crippen molar-refractivity contribution < 1.29 is 28.2 Å². The molecule has 3 rings (SSSR count). The lowest BCUT2D eigenvalue weighted by Gasteiger charge is -2.11. The first-order chi connectivity index (χ1) is 14.3. The topological polar surface area (TPSA) is 93.5 Å². The Kier molecular flexibility index (Phi) is 5.81. The molecule has 156 valence electrons. The first kappa shape index (κ1) is 21.0. The number of nitrogens with one attached hydrogen (secondary N) is 1. The molecule has 9 heteroatoms. The van der Waals surface area contributed by atoms with Crippen LogP contribution >= 0.6 is 0 Å². The van der Waals surface area contributed by atoms with Crippen LogP contribution in [0.1, 0.15) is 33.5 Å². The van der Waals surface area contributed by atoms with E-state index in [2.05, 4.69) is 10.3 Å². The third kappa shape index (κ3) is 3.86. The Morgan fingerprint density at radius 1 is 1.20 bits per heavy atom. The van der Waals surface area contributed by atoms with Crippen molar-refractivity contribution in [3.05, 3.63) is 65.1 Å². The summed E-state index contributed by atoms with van der Waals surface area (Å²) in [4.78, 5) is 27.9. The van der Waals surface area contributed by atoms with Gasteiger partial charge in [0.1, 0.15) is 17.4 Å². The molecule has 1 amide bonds. The molecule has 0 aliphatic rings. The third-order valence-electron chi connectivity index (χ3n) is 4.67. The number of halogens is 2. The highest BCUT2D eigenvalue weighted by atomic mass is 19.1. The highest BCUT2D eigenvalue weighted by Gasteiger charge is 2.22. The highest BCUT2D eigenvalue weighted by Crippen LogP contribution is 2.30. The Hall–Kier alpha value is -3.75. The number of amides is 1. The van der Waals surface area contributed by atoms with Crippen LogP contribution in [0.3, 0.4) is 0 Å². The van der Waals surface area contributed by atoms with Gasteiger partial charge in [0.2, 0.25) is 0 Å². The van der Waals surface area contributed by atoms with Gasteiger partial charge in [0.05, 0.1) is 30.1 Å². The minimum Gasteiger partial charge on any atom is -0.497 e. The van der Waals surface area contributed by atoms with Crippen LogP contribution in [0, 0.1) is 11.6 Å². The van der Waals surface area contributed by atoms with Crippen LogP contribution in [0.25, 0.3) is 11.3 Å². The highest BCUT2D eigenvalue weighted by molar-refractivity contribution is 6.02. The van der Waals surface area contributed by atoms with Crippen molar-refractivity contribution in [1.29, 1.82) is 0 Å². The molecular weight excluding hydrogens is 396 g/mol. The standard InChI is InChI=1S/C21H19F2N3O4/c1-4-11-7-12(5-6-14(11)21(28)29)25-20(27)19-24-10-17(26(19)2)18-15(22)8-13(30-3)9-16(18)23/h5-10H,4H2,1-3H3,(H,25,27)(H,28,29). The molecule has 1 heterocycles. The third-order valence-corrected chi connectivity index (χ3v) is 4.67. The van der Waals surface area contributed by atoms with Crippen molar-refractivity contribution in [3.8, 4) is 17.0 Å². The predicted octanol–water partition coefficient (Wildman–Crippen LogP) is 3.89. The average molecular weight is 415 g/mol. The van der Waals surface area contributed by atoms with Crippen LogP contribution in [0.2, 0.25) is 0 Å². The predicted molar refractivity (Wildman–Crippen MR) is 106 cm³/mol. The molecule has 2 aromatic carbocycles. The van der Waals surface area contributed by atoms with Crippen molar-refractivity contribution in [2.24, 2.45) is 7.05 Å². The van der Waals surface area contributed by atoms with E-state index < -0.39 is 23.5 Å². The van der Waals surface area contributed by atoms with Gasteiger partial charge < -0.3 is 19.7 Å². The number of carboxylic acids is 1. The number of ether oxygens (including phenoxy) is 1. The molecule has 30 heavy (non-hydrogen) atoms. The number of carbonyl (C=O) groups excluding carboxylic acids is 1. The number of aryl methyl sites for hydroxylation is 1. The molecule has 7 nitrogen and oxygen atoms in total. The number of nitrogens with zero attached hydrogens (tertiary/aromatic N) is 2. The molecule has 1 aromatic heterocycles. The minimum atomic E-state index is -1.05. The van der Waals surface area contributed by atoms with Crippen molar-refractivity contribution in [3.63, 3.8) is 0 Å². The molecule has 2 N–H and O–H groups in total. The van der Waals surface area contributed by atoms with Gasteiger partial charge in [-0.15, -0.1) is 0 Å². The summed E-state index contributed by atoms with van der Waals surface area (Å²) in [6.07, 6.45) is 1.67. The summed E-state index contributed by atoms with van der Waals surface area (Å²) in [6.45, 7) is 1.80. The fraction of sp³-hybridized carbons (Fsp3) is 0.190. The van der Waals surface area contributed by atoms with Gasteiger partial charge in [-0.05, 0) is 30.2 Å². The van der Waals surface area contributed by atoms with Gasteiger partial charge in [0.25, 0.3) is 5.91 Å². The van der Waals surface area contributed by atoms with Crippen molar-refractivity contribution in [1.82, 2.24) is 9.55 Å². The minimum absolute atomic E-state index is 0.0328. The number of imidazole rings is 1. The maximum Gasteiger partial charge on any atom is 0.335 e. The summed E-state index contributed by atoms with van der Waals surface area (Å²) in [5, 5.41) is 11.8. The second-order valence-electron chi connectivity index (χ2n) is 6.48. The lowest BCUT2D eigenvalue weighted by atomic mass is 10.0. The number of carboxylic acid groups (broad SMARTS) is 1. The first-order valence-corrected chi connectivity index (χ1v) is 8.99. The van der Waals surface area contributed by atoms with Gasteiger partial charge in [0, 0.05) is 24.9 Å². The monoisotopic (exact) mass is 415 g/mol. The van der Waals surface area contributed by atoms with E-state index in [-0.39, 0.29) is 28.4 Å². The number of methoxy groups -OCH3 is 1. The van der Waals surface area contributed by atoms with E-state index in [1.807, 2.05) is 0 Å². The van der Waals surface area contributed by atoms with Gasteiger partial charge in [-0.3, -0.25) is 4.79 Å². The van der Waals surface area contributed by atoms with Crippen molar-refractivity contribution in [2.75, 3.05) is 12.4 Å². The van der Waals surface area contributed by atoms with E-state index in [4.69, 9.17) is 4.74 Å². The maximum atomic E-state index is 14.4. The first-order valence-electron chi connectivity index (χ1n) is 8.99. The van der Waals surface area contributed by atoms with Crippen LogP contribution in [0.15, 0.2) is 36.5 Å². The number of aromatic carboxylic acids is 1. The molecule has 0 radical (unpaired) electrons. The summed E-state index contributed by atoms with van der Waals surface area (Å²) in [6, 6.07) is 6.52. The van der Waals surface area contributed by atoms with Crippen molar-refractivity contribution >= 4 is 17.6 Å². The van der Waals surface area contributed by atoms with Crippen molar-refractivity contribution in [2.45, 2.75) is 13.3 Å². The number of anilines is 1. The normalized spacial score (nSPS) is 10.7. The molecule has 3 aromatic rings. The average Bonchev–Trinajstić information content (AvgIpc) is 3.08. The summed E-state index contributed by atoms with van der Waals surface area (Å²) < 4.78 is 34.9. The molecule has 0 bridgehead atoms. The summed E-state index contributed by atoms with van der Waals surface area (Å²) in [5.41, 5.74) is 0.842. The van der Waals surface area contributed by atoms with Crippen LogP contribution in [0.5, 0.6) is 5.75 Å². The van der Waals surface area contributed by atoms with Gasteiger partial charge in [0.15, 0.2) is 5.82 Å². The van der Waals surface area contributed by atoms with Gasteiger partial charge in [-0.2, -0.15) is 0 Å². The van der Waals surface area contributed by atoms with E-state index in [0.29, 0.717) is 17.7 Å². The Labute approximate surface area is 170 Å². The quantitative estimate of drug-likeness (QED) is 0.637. The zero-order valence-corrected chi connectivity index (χ0v) is 16.5. The number of hydrogen-bond acceptors (Lipinski definition) is 4. The molecule has 0 atom stereocenters. The number of aromatic nitrogens is 2. The molecule has 0 unspecified atom stereocenters. The molecule has 0 saturated heterocycles. The Bertz CT molecular complexity index is 1120. The van der Waals surface area contributed by atoms with E-state index in [9.17, 15) is 23.5 Å². The smallest absolute Gasteiger partial charge is 0.335 e. The number of benzene rings is 2. The fourth-order valence-electron chi connectivity index (χ4n) is 3.12. The molecule has 0 aliphatic heterocycles. The fourth-order valence-corrected chi connectivity index (χ4v) is 3.12. The zero-order valence-electron chi connectivity index (χ0n) is 16.5. The van der Waals surface area contributed by atoms with Gasteiger partial charge >= 0.3 is 5.97 Å². The lowest BCUT2D eigenvalue weighted by molar-refractivity contribution is 0.0695. The van der Waals surface area contributed by atoms with Crippen LogP contribution in [-0.4, -0.2) is 33.6 Å². The van der Waals surface area contributed by atoms with E-state index >= 15 is 0 Å². The van der Waals surface area contributed by atoms with Crippen LogP contribution in [0.4, 0.5) is 14.5 Å². The summed E-state index contributed by atoms with van der Waals surface area (Å²) in [5.74, 6) is -3.40. The van der Waals surface area contributed by atoms with Crippen LogP contribution < -0.4 is 10.1 Å². The maximum absolute atomic E-state index is 14.4. The SMILES string of the molecule is CCc1cc(NC(=O)c2ncc(-c3c(F)cc(OC)cc3F)n2C)ccc1C(=O)O. The molecule has 0 aliphatic carbocycles. The molecule has 0 spiro atoms. The van der Waals surface area contributed by atoms with Crippen LogP contribution in [-0.2, 0) is 13.5 Å². The number of hydrogen-bond donors (Lipinski definition) is 2. The Morgan fingerprint density at radius 3 is 2.43 bits per heavy atom.